The van der Waals surface area contributed by atoms with Gasteiger partial charge in [-0.2, -0.15) is 4.31 Å². The van der Waals surface area contributed by atoms with Crippen molar-refractivity contribution < 1.29 is 12.9 Å². The number of hydrogen-bond acceptors (Lipinski definition) is 5. The van der Waals surface area contributed by atoms with E-state index in [1.54, 1.807) is 30.3 Å². The van der Waals surface area contributed by atoms with Crippen molar-refractivity contribution in [2.45, 2.75) is 24.3 Å². The Balaban J connectivity index is 0.00000192. The second-order valence-electron chi connectivity index (χ2n) is 5.67. The zero-order valence-electron chi connectivity index (χ0n) is 12.8. The van der Waals surface area contributed by atoms with E-state index < -0.39 is 10.0 Å². The Morgan fingerprint density at radius 1 is 1.30 bits per heavy atom. The molecule has 1 aliphatic heterocycles. The van der Waals surface area contributed by atoms with Gasteiger partial charge in [-0.05, 0) is 24.5 Å². The van der Waals surface area contributed by atoms with Crippen LogP contribution in [0.3, 0.4) is 0 Å². The highest BCUT2D eigenvalue weighted by molar-refractivity contribution is 7.89. The van der Waals surface area contributed by atoms with Gasteiger partial charge in [0.15, 0.2) is 5.76 Å². The third-order valence-corrected chi connectivity index (χ3v) is 6.07. The topological polar surface area (TPSA) is 89.4 Å². The molecule has 1 aromatic heterocycles. The van der Waals surface area contributed by atoms with E-state index in [0.717, 1.165) is 0 Å². The van der Waals surface area contributed by atoms with E-state index in [1.807, 2.05) is 6.92 Å². The molecule has 2 aromatic rings. The molecule has 1 saturated heterocycles. The van der Waals surface area contributed by atoms with Gasteiger partial charge in [-0.15, -0.1) is 12.4 Å². The molecule has 2 atom stereocenters. The first kappa shape index (κ1) is 17.9. The van der Waals surface area contributed by atoms with Gasteiger partial charge in [0.2, 0.25) is 10.0 Å². The minimum Gasteiger partial charge on any atom is -0.356 e. The molecule has 0 spiro atoms. The lowest BCUT2D eigenvalue weighted by molar-refractivity contribution is 0.250. The van der Waals surface area contributed by atoms with Gasteiger partial charge in [0.05, 0.1) is 11.1 Å². The van der Waals surface area contributed by atoms with Gasteiger partial charge in [0.25, 0.3) is 0 Å². The molecule has 0 aliphatic carbocycles. The average molecular weight is 358 g/mol. The van der Waals surface area contributed by atoms with Crippen molar-refractivity contribution in [2.24, 2.45) is 11.7 Å². The van der Waals surface area contributed by atoms with Crippen LogP contribution in [0.25, 0.3) is 11.3 Å². The third-order valence-electron chi connectivity index (χ3n) is 4.14. The van der Waals surface area contributed by atoms with Crippen LogP contribution in [-0.2, 0) is 10.0 Å². The van der Waals surface area contributed by atoms with Crippen molar-refractivity contribution in [3.8, 4) is 11.3 Å². The quantitative estimate of drug-likeness (QED) is 0.908. The lowest BCUT2D eigenvalue weighted by Gasteiger charge is -2.34. The summed E-state index contributed by atoms with van der Waals surface area (Å²) in [4.78, 5) is 0.245. The van der Waals surface area contributed by atoms with Crippen molar-refractivity contribution in [2.75, 3.05) is 13.1 Å². The van der Waals surface area contributed by atoms with Crippen LogP contribution in [0.1, 0.15) is 13.3 Å². The molecule has 0 radical (unpaired) electrons. The molecule has 0 saturated carbocycles. The highest BCUT2D eigenvalue weighted by atomic mass is 35.5. The van der Waals surface area contributed by atoms with Crippen LogP contribution in [0.4, 0.5) is 0 Å². The Morgan fingerprint density at radius 3 is 2.70 bits per heavy atom. The van der Waals surface area contributed by atoms with Gasteiger partial charge in [-0.25, -0.2) is 8.42 Å². The number of nitrogens with zero attached hydrogens (tertiary/aromatic N) is 2. The zero-order chi connectivity index (χ0) is 15.7. The molecule has 1 aromatic carbocycles. The molecule has 2 N–H and O–H groups in total. The Bertz CT molecular complexity index is 749. The van der Waals surface area contributed by atoms with Gasteiger partial charge in [0, 0.05) is 30.8 Å². The van der Waals surface area contributed by atoms with Crippen LogP contribution in [0.2, 0.25) is 0 Å². The number of piperidine rings is 1. The van der Waals surface area contributed by atoms with E-state index in [0.29, 0.717) is 30.8 Å². The Kier molecular flexibility index (Phi) is 5.46. The highest BCUT2D eigenvalue weighted by Crippen LogP contribution is 2.31. The second-order valence-corrected chi connectivity index (χ2v) is 7.57. The number of nitrogens with two attached hydrogens (primary N) is 1. The minimum absolute atomic E-state index is 0. The summed E-state index contributed by atoms with van der Waals surface area (Å²) in [7, 11) is -3.59. The first-order valence-corrected chi connectivity index (χ1v) is 8.70. The first-order valence-electron chi connectivity index (χ1n) is 7.26. The molecular weight excluding hydrogens is 338 g/mol. The van der Waals surface area contributed by atoms with Gasteiger partial charge in [-0.1, -0.05) is 24.2 Å². The summed E-state index contributed by atoms with van der Waals surface area (Å²) in [5.41, 5.74) is 6.51. The van der Waals surface area contributed by atoms with Crippen molar-refractivity contribution in [1.29, 1.82) is 0 Å². The molecule has 6 nitrogen and oxygen atoms in total. The van der Waals surface area contributed by atoms with Gasteiger partial charge in [0.1, 0.15) is 0 Å². The van der Waals surface area contributed by atoms with Crippen molar-refractivity contribution >= 4 is 22.4 Å². The predicted octanol–water partition coefficient (Wildman–Crippen LogP) is 2.12. The minimum atomic E-state index is -3.59. The zero-order valence-corrected chi connectivity index (χ0v) is 14.4. The van der Waals surface area contributed by atoms with E-state index in [9.17, 15) is 8.42 Å². The van der Waals surface area contributed by atoms with E-state index in [4.69, 9.17) is 10.3 Å². The molecule has 23 heavy (non-hydrogen) atoms. The summed E-state index contributed by atoms with van der Waals surface area (Å²) in [6, 6.07) is 8.54. The molecule has 1 aliphatic rings. The Labute approximate surface area is 142 Å². The monoisotopic (exact) mass is 357 g/mol. The third kappa shape index (κ3) is 3.42. The summed E-state index contributed by atoms with van der Waals surface area (Å²) in [6.45, 7) is 2.86. The van der Waals surface area contributed by atoms with Crippen LogP contribution in [0.5, 0.6) is 0 Å². The first-order chi connectivity index (χ1) is 10.5. The van der Waals surface area contributed by atoms with Gasteiger partial charge < -0.3 is 10.3 Å². The molecular formula is C15H20ClN3O3S. The number of benzene rings is 1. The van der Waals surface area contributed by atoms with Crippen molar-refractivity contribution in [1.82, 2.24) is 9.46 Å². The fraction of sp³-hybridized carbons (Fsp3) is 0.400. The van der Waals surface area contributed by atoms with Crippen LogP contribution in [0, 0.1) is 5.92 Å². The van der Waals surface area contributed by atoms with E-state index >= 15 is 0 Å². The number of halogens is 1. The van der Waals surface area contributed by atoms with Crippen molar-refractivity contribution in [3.63, 3.8) is 0 Å². The fourth-order valence-corrected chi connectivity index (χ4v) is 4.49. The highest BCUT2D eigenvalue weighted by Gasteiger charge is 2.33. The SMILES string of the molecule is CC1CN(S(=O)(=O)c2ccccc2-c2ccno2)CCC1N.Cl. The largest absolute Gasteiger partial charge is 0.356 e. The van der Waals surface area contributed by atoms with Crippen LogP contribution in [-0.4, -0.2) is 37.0 Å². The maximum absolute atomic E-state index is 13.0. The van der Waals surface area contributed by atoms with Gasteiger partial charge >= 0.3 is 0 Å². The van der Waals surface area contributed by atoms with Crippen LogP contribution in [0.15, 0.2) is 45.9 Å². The molecule has 2 unspecified atom stereocenters. The molecule has 1 fully saturated rings. The molecule has 3 rings (SSSR count). The smallest absolute Gasteiger partial charge is 0.243 e. The molecule has 8 heteroatoms. The van der Waals surface area contributed by atoms with E-state index in [1.165, 1.54) is 10.5 Å². The summed E-state index contributed by atoms with van der Waals surface area (Å²) in [6.07, 6.45) is 2.17. The maximum atomic E-state index is 13.0. The molecule has 0 bridgehead atoms. The maximum Gasteiger partial charge on any atom is 0.243 e. The summed E-state index contributed by atoms with van der Waals surface area (Å²) in [5.74, 6) is 0.585. The number of sulfonamides is 1. The summed E-state index contributed by atoms with van der Waals surface area (Å²) >= 11 is 0. The van der Waals surface area contributed by atoms with E-state index in [-0.39, 0.29) is 29.3 Å². The van der Waals surface area contributed by atoms with Gasteiger partial charge in [-0.3, -0.25) is 0 Å². The number of rotatable bonds is 3. The lowest BCUT2D eigenvalue weighted by Crippen LogP contribution is -2.48. The Hall–Kier alpha value is -1.41. The molecule has 2 heterocycles. The standard InChI is InChI=1S/C15H19N3O3S.ClH/c1-11-10-18(9-7-13(11)16)22(19,20)15-5-3-2-4-12(15)14-6-8-17-21-14;/h2-6,8,11,13H,7,9-10,16H2,1H3;1H. The number of hydrogen-bond donors (Lipinski definition) is 1. The molecule has 0 amide bonds. The second kappa shape index (κ2) is 7.00. The average Bonchev–Trinajstić information content (AvgIpc) is 3.04. The number of aromatic nitrogens is 1. The predicted molar refractivity (Wildman–Crippen MR) is 89.7 cm³/mol. The normalized spacial score (nSPS) is 22.5. The van der Waals surface area contributed by atoms with E-state index in [2.05, 4.69) is 5.16 Å². The molecule has 126 valence electrons. The summed E-state index contributed by atoms with van der Waals surface area (Å²) < 4.78 is 32.6. The van der Waals surface area contributed by atoms with Crippen molar-refractivity contribution in [3.05, 3.63) is 36.5 Å². The summed E-state index contributed by atoms with van der Waals surface area (Å²) in [5, 5.41) is 3.66. The fourth-order valence-electron chi connectivity index (χ4n) is 2.73. The lowest BCUT2D eigenvalue weighted by atomic mass is 9.96. The van der Waals surface area contributed by atoms with Crippen LogP contribution >= 0.6 is 12.4 Å². The van der Waals surface area contributed by atoms with Crippen LogP contribution < -0.4 is 5.73 Å². The Morgan fingerprint density at radius 2 is 2.04 bits per heavy atom.